The van der Waals surface area contributed by atoms with E-state index in [2.05, 4.69) is 10.00 Å². The van der Waals surface area contributed by atoms with Crippen LogP contribution in [0.4, 0.5) is 0 Å². The Bertz CT molecular complexity index is 421. The molecule has 1 N–H and O–H groups in total. The second kappa shape index (κ2) is 7.23. The zero-order chi connectivity index (χ0) is 13.4. The van der Waals surface area contributed by atoms with Crippen LogP contribution in [0.2, 0.25) is 0 Å². The molecule has 8 heteroatoms. The lowest BCUT2D eigenvalue weighted by Gasteiger charge is -2.14. The molecule has 1 aliphatic heterocycles. The Morgan fingerprint density at radius 3 is 2.61 bits per heavy atom. The van der Waals surface area contributed by atoms with Gasteiger partial charge in [0.2, 0.25) is 0 Å². The predicted molar refractivity (Wildman–Crippen MR) is 65.7 cm³/mol. The Morgan fingerprint density at radius 2 is 2.06 bits per heavy atom. The van der Waals surface area contributed by atoms with Crippen molar-refractivity contribution in [3.05, 3.63) is 36.3 Å². The third-order valence-electron chi connectivity index (χ3n) is 1.81. The van der Waals surface area contributed by atoms with Crippen molar-refractivity contribution in [2.24, 2.45) is 10.00 Å². The smallest absolute Gasteiger partial charge is 0.290 e. The summed E-state index contributed by atoms with van der Waals surface area (Å²) < 4.78 is 21.7. The first-order valence-corrected chi connectivity index (χ1v) is 6.95. The maximum absolute atomic E-state index is 11.9. The van der Waals surface area contributed by atoms with Gasteiger partial charge in [-0.2, -0.15) is 5.11 Å². The van der Waals surface area contributed by atoms with Crippen molar-refractivity contribution >= 4 is 7.75 Å². The standard InChI is InChI=1S/C10H16N3O4P/c1-3-16-18(15,17-4-2)12-11-9-10-7-5-6-8-13(10)14/h5-9,14H,3-4H2,1-2H3. The van der Waals surface area contributed by atoms with Gasteiger partial charge in [-0.25, -0.2) is 9.63 Å². The van der Waals surface area contributed by atoms with Crippen LogP contribution in [-0.2, 0) is 13.6 Å². The first-order valence-electron chi connectivity index (χ1n) is 5.46. The van der Waals surface area contributed by atoms with Crippen LogP contribution >= 0.6 is 7.75 Å². The molecule has 0 aromatic heterocycles. The van der Waals surface area contributed by atoms with Gasteiger partial charge in [-0.15, -0.1) is 0 Å². The van der Waals surface area contributed by atoms with Crippen LogP contribution in [0.1, 0.15) is 13.8 Å². The van der Waals surface area contributed by atoms with E-state index in [0.29, 0.717) is 5.70 Å². The van der Waals surface area contributed by atoms with Crippen LogP contribution in [0.5, 0.6) is 0 Å². The summed E-state index contributed by atoms with van der Waals surface area (Å²) >= 11 is 0. The van der Waals surface area contributed by atoms with Crippen LogP contribution in [0.3, 0.4) is 0 Å². The Kier molecular flexibility index (Phi) is 5.94. The fourth-order valence-electron chi connectivity index (χ4n) is 1.11. The molecular formula is C10H16N3O4P. The van der Waals surface area contributed by atoms with Crippen molar-refractivity contribution < 1.29 is 18.8 Å². The molecule has 0 saturated carbocycles. The minimum atomic E-state index is -3.54. The molecule has 0 spiro atoms. The van der Waals surface area contributed by atoms with E-state index in [1.54, 1.807) is 32.1 Å². The maximum atomic E-state index is 11.9. The monoisotopic (exact) mass is 273 g/mol. The van der Waals surface area contributed by atoms with Gasteiger partial charge in [0.15, 0.2) is 0 Å². The molecule has 0 aromatic carbocycles. The summed E-state index contributed by atoms with van der Waals surface area (Å²) in [5, 5.41) is 13.9. The van der Waals surface area contributed by atoms with Gasteiger partial charge >= 0.3 is 7.75 Å². The quantitative estimate of drug-likeness (QED) is 0.593. The van der Waals surface area contributed by atoms with Gasteiger partial charge in [0, 0.05) is 6.20 Å². The highest BCUT2D eigenvalue weighted by Gasteiger charge is 2.22. The minimum absolute atomic E-state index is 0.210. The second-order valence-corrected chi connectivity index (χ2v) is 4.74. The molecule has 0 atom stereocenters. The number of hydrogen-bond acceptors (Lipinski definition) is 6. The zero-order valence-electron chi connectivity index (χ0n) is 10.3. The van der Waals surface area contributed by atoms with Crippen molar-refractivity contribution in [1.82, 2.24) is 5.06 Å². The van der Waals surface area contributed by atoms with E-state index in [9.17, 15) is 9.77 Å². The molecule has 1 aliphatic rings. The Morgan fingerprint density at radius 1 is 1.39 bits per heavy atom. The van der Waals surface area contributed by atoms with Gasteiger partial charge in [0.05, 0.1) is 25.1 Å². The Balaban J connectivity index is 2.72. The van der Waals surface area contributed by atoms with Gasteiger partial charge in [-0.05, 0) is 26.0 Å². The van der Waals surface area contributed by atoms with Gasteiger partial charge in [0.1, 0.15) is 0 Å². The zero-order valence-corrected chi connectivity index (χ0v) is 11.2. The van der Waals surface area contributed by atoms with E-state index in [4.69, 9.17) is 9.05 Å². The molecule has 0 fully saturated rings. The van der Waals surface area contributed by atoms with E-state index < -0.39 is 7.75 Å². The number of hydrogen-bond donors (Lipinski definition) is 1. The fraction of sp³-hybridized carbons (Fsp3) is 0.400. The first kappa shape index (κ1) is 14.8. The minimum Gasteiger partial charge on any atom is -0.290 e. The van der Waals surface area contributed by atoms with Crippen LogP contribution < -0.4 is 0 Å². The lowest BCUT2D eigenvalue weighted by Crippen LogP contribution is -2.10. The van der Waals surface area contributed by atoms with E-state index in [-0.39, 0.29) is 13.2 Å². The number of hydroxylamine groups is 2. The third-order valence-corrected chi connectivity index (χ3v) is 3.30. The van der Waals surface area contributed by atoms with E-state index >= 15 is 0 Å². The summed E-state index contributed by atoms with van der Waals surface area (Å²) in [5.41, 5.74) is 0.390. The van der Waals surface area contributed by atoms with Crippen molar-refractivity contribution in [1.29, 1.82) is 0 Å². The molecular weight excluding hydrogens is 257 g/mol. The molecule has 7 nitrogen and oxygen atoms in total. The predicted octanol–water partition coefficient (Wildman–Crippen LogP) is 3.24. The molecule has 100 valence electrons. The van der Waals surface area contributed by atoms with Crippen molar-refractivity contribution in [2.75, 3.05) is 13.2 Å². The van der Waals surface area contributed by atoms with Crippen molar-refractivity contribution in [3.63, 3.8) is 0 Å². The SMILES string of the molecule is CCOP(=O)(N=NC=C1C=CC=CN1O)OCC. The molecule has 18 heavy (non-hydrogen) atoms. The number of rotatable bonds is 6. The normalized spacial score (nSPS) is 18.2. The van der Waals surface area contributed by atoms with Gasteiger partial charge in [-0.1, -0.05) is 11.0 Å². The maximum Gasteiger partial charge on any atom is 0.472 e. The average Bonchev–Trinajstić information content (AvgIpc) is 2.32. The van der Waals surface area contributed by atoms with Gasteiger partial charge in [0.25, 0.3) is 0 Å². The Hall–Kier alpha value is -1.27. The highest BCUT2D eigenvalue weighted by molar-refractivity contribution is 7.52. The molecule has 0 aliphatic carbocycles. The van der Waals surface area contributed by atoms with Gasteiger partial charge in [-0.3, -0.25) is 14.3 Å². The molecule has 0 aromatic rings. The van der Waals surface area contributed by atoms with Crippen LogP contribution in [0.15, 0.2) is 46.3 Å². The summed E-state index contributed by atoms with van der Waals surface area (Å²) in [7, 11) is -3.54. The molecule has 0 amide bonds. The van der Waals surface area contributed by atoms with Gasteiger partial charge < -0.3 is 0 Å². The van der Waals surface area contributed by atoms with Crippen molar-refractivity contribution in [2.45, 2.75) is 13.8 Å². The van der Waals surface area contributed by atoms with Crippen molar-refractivity contribution in [3.8, 4) is 0 Å². The lowest BCUT2D eigenvalue weighted by atomic mass is 10.3. The van der Waals surface area contributed by atoms with E-state index in [0.717, 1.165) is 5.06 Å². The summed E-state index contributed by atoms with van der Waals surface area (Å²) in [6.45, 7) is 3.79. The summed E-state index contributed by atoms with van der Waals surface area (Å²) in [5.74, 6) is 0. The number of allylic oxidation sites excluding steroid dienone is 3. The van der Waals surface area contributed by atoms with Crippen LogP contribution in [0.25, 0.3) is 0 Å². The summed E-state index contributed by atoms with van der Waals surface area (Å²) in [6, 6.07) is 0. The largest absolute Gasteiger partial charge is 0.472 e. The molecule has 0 unspecified atom stereocenters. The van der Waals surface area contributed by atoms with E-state index in [1.165, 1.54) is 12.4 Å². The van der Waals surface area contributed by atoms with Crippen LogP contribution in [-0.4, -0.2) is 23.5 Å². The lowest BCUT2D eigenvalue weighted by molar-refractivity contribution is -0.000522. The third kappa shape index (κ3) is 4.54. The summed E-state index contributed by atoms with van der Waals surface area (Å²) in [6.07, 6.45) is 7.68. The van der Waals surface area contributed by atoms with Crippen LogP contribution in [0, 0.1) is 0 Å². The average molecular weight is 273 g/mol. The van der Waals surface area contributed by atoms with E-state index in [1.807, 2.05) is 0 Å². The second-order valence-electron chi connectivity index (χ2n) is 3.11. The molecule has 0 bridgehead atoms. The molecule has 1 rings (SSSR count). The molecule has 0 saturated heterocycles. The molecule has 0 radical (unpaired) electrons. The number of nitrogens with zero attached hydrogens (tertiary/aromatic N) is 3. The highest BCUT2D eigenvalue weighted by Crippen LogP contribution is 2.49. The Labute approximate surface area is 106 Å². The summed E-state index contributed by atoms with van der Waals surface area (Å²) in [4.78, 5) is 3.53. The first-order chi connectivity index (χ1) is 8.61. The molecule has 1 heterocycles. The fourth-order valence-corrected chi connectivity index (χ4v) is 2.12. The highest BCUT2D eigenvalue weighted by atomic mass is 31.2. The topological polar surface area (TPSA) is 83.7 Å².